The van der Waals surface area contributed by atoms with Crippen LogP contribution in [0, 0.1) is 32.8 Å². The molecule has 0 spiro atoms. The third-order valence-electron chi connectivity index (χ3n) is 5.53. The van der Waals surface area contributed by atoms with Gasteiger partial charge in [0.05, 0.1) is 5.76 Å². The van der Waals surface area contributed by atoms with Crippen LogP contribution in [0.1, 0.15) is 50.1 Å². The van der Waals surface area contributed by atoms with Gasteiger partial charge in [-0.05, 0) is 76.2 Å². The molecule has 0 saturated carbocycles. The van der Waals surface area contributed by atoms with Crippen LogP contribution in [-0.2, 0) is 31.3 Å². The van der Waals surface area contributed by atoms with Crippen molar-refractivity contribution in [3.05, 3.63) is 87.3 Å². The van der Waals surface area contributed by atoms with Crippen LogP contribution in [0.25, 0.3) is 27.7 Å². The maximum absolute atomic E-state index is 12.5. The Morgan fingerprint density at radius 3 is 2.31 bits per heavy atom. The first kappa shape index (κ1) is 29.1. The summed E-state index contributed by atoms with van der Waals surface area (Å²) in [7, 11) is 0. The van der Waals surface area contributed by atoms with Crippen molar-refractivity contribution in [2.45, 2.75) is 54.9 Å². The van der Waals surface area contributed by atoms with E-state index in [2.05, 4.69) is 68.9 Å². The maximum atomic E-state index is 12.5. The molecule has 3 heterocycles. The van der Waals surface area contributed by atoms with Gasteiger partial charge >= 0.3 is 0 Å². The number of hydrogen-bond acceptors (Lipinski definition) is 5. The molecular weight excluding hydrogens is 631 g/mol. The molecule has 0 amide bonds. The van der Waals surface area contributed by atoms with E-state index < -0.39 is 0 Å². The summed E-state index contributed by atoms with van der Waals surface area (Å²) in [6.45, 7) is 13.5. The Balaban J connectivity index is 0.000000503. The summed E-state index contributed by atoms with van der Waals surface area (Å²) in [6, 6.07) is 11.2. The first-order chi connectivity index (χ1) is 16.5. The fourth-order valence-electron chi connectivity index (χ4n) is 4.42. The number of nitrogens with zero attached hydrogens (tertiary/aromatic N) is 3. The standard InChI is InChI=1S/C24H24N3O.C5H8O2.Ir/c1-14(2)10-20-18-7-9-27-21(23-16(4)11-15(3)12-17(23)5)13-22(28)26-24(27)19(18)6-8-25-20;1-4(6)3-5(2)7;/h7-9,11-14H,10H2,1-5H3;3,6H,1-2H3;/q-1;;. The zero-order chi connectivity index (χ0) is 25.9. The Bertz CT molecular complexity index is 1480. The van der Waals surface area contributed by atoms with Gasteiger partial charge in [-0.3, -0.25) is 19.6 Å². The van der Waals surface area contributed by atoms with Crippen LogP contribution in [-0.4, -0.2) is 25.3 Å². The van der Waals surface area contributed by atoms with Gasteiger partial charge in [-0.1, -0.05) is 37.6 Å². The van der Waals surface area contributed by atoms with Gasteiger partial charge in [-0.25, -0.2) is 0 Å². The summed E-state index contributed by atoms with van der Waals surface area (Å²) in [5, 5.41) is 10.2. The average Bonchev–Trinajstić information content (AvgIpc) is 2.72. The molecule has 0 unspecified atom stereocenters. The number of aliphatic hydroxyl groups excluding tert-OH is 1. The quantitative estimate of drug-likeness (QED) is 0.128. The van der Waals surface area contributed by atoms with Crippen LogP contribution in [0.3, 0.4) is 0 Å². The predicted octanol–water partition coefficient (Wildman–Crippen LogP) is 5.87. The fraction of sp³-hybridized carbons (Fsp3) is 0.310. The number of hydrogen-bond donors (Lipinski definition) is 1. The Hall–Kier alpha value is -3.15. The van der Waals surface area contributed by atoms with Crippen molar-refractivity contribution in [1.82, 2.24) is 14.4 Å². The Morgan fingerprint density at radius 1 is 1.14 bits per heavy atom. The van der Waals surface area contributed by atoms with Crippen LogP contribution in [0.5, 0.6) is 0 Å². The molecule has 0 aliphatic heterocycles. The number of aromatic nitrogens is 3. The van der Waals surface area contributed by atoms with E-state index in [9.17, 15) is 9.59 Å². The zero-order valence-electron chi connectivity index (χ0n) is 21.8. The molecule has 1 radical (unpaired) electrons. The molecule has 4 rings (SSSR count). The van der Waals surface area contributed by atoms with Crippen molar-refractivity contribution >= 4 is 22.2 Å². The summed E-state index contributed by atoms with van der Waals surface area (Å²) in [5.74, 6) is 0.432. The number of allylic oxidation sites excluding steroid dienone is 2. The van der Waals surface area contributed by atoms with Crippen molar-refractivity contribution in [3.8, 4) is 11.3 Å². The second kappa shape index (κ2) is 12.2. The van der Waals surface area contributed by atoms with Gasteiger partial charge in [0.2, 0.25) is 0 Å². The third kappa shape index (κ3) is 6.74. The smallest absolute Gasteiger partial charge is 0.261 e. The summed E-state index contributed by atoms with van der Waals surface area (Å²) >= 11 is 0. The molecule has 0 aliphatic rings. The fourth-order valence-corrected chi connectivity index (χ4v) is 4.42. The number of ketones is 1. The van der Waals surface area contributed by atoms with Crippen LogP contribution < -0.4 is 5.56 Å². The molecule has 0 bridgehead atoms. The van der Waals surface area contributed by atoms with Gasteiger partial charge in [0.25, 0.3) is 5.56 Å². The maximum Gasteiger partial charge on any atom is 0.261 e. The monoisotopic (exact) mass is 663 g/mol. The average molecular weight is 663 g/mol. The van der Waals surface area contributed by atoms with Crippen LogP contribution in [0.15, 0.2) is 53.3 Å². The SMILES string of the molecule is CC(=O)C=C(C)O.Cc1cc(C)c(-c2cc(=O)nc3c4[c-]cnc(CC(C)C)c4ccn23)c(C)c1.[Ir]. The van der Waals surface area contributed by atoms with Crippen molar-refractivity contribution in [1.29, 1.82) is 0 Å². The van der Waals surface area contributed by atoms with Crippen molar-refractivity contribution in [2.75, 3.05) is 0 Å². The van der Waals surface area contributed by atoms with Gasteiger partial charge in [-0.2, -0.15) is 6.07 Å². The van der Waals surface area contributed by atoms with E-state index in [4.69, 9.17) is 5.11 Å². The molecular formula is C29H32IrN3O3-. The molecule has 0 aliphatic carbocycles. The number of rotatable bonds is 4. The molecule has 0 atom stereocenters. The Kier molecular flexibility index (Phi) is 9.85. The van der Waals surface area contributed by atoms with Gasteiger partial charge in [0.15, 0.2) is 5.78 Å². The normalized spacial score (nSPS) is 11.3. The van der Waals surface area contributed by atoms with E-state index in [1.807, 2.05) is 10.6 Å². The van der Waals surface area contributed by atoms with Gasteiger partial charge < -0.3 is 9.51 Å². The summed E-state index contributed by atoms with van der Waals surface area (Å²) in [4.78, 5) is 31.4. The van der Waals surface area contributed by atoms with E-state index in [1.54, 1.807) is 12.3 Å². The molecule has 36 heavy (non-hydrogen) atoms. The van der Waals surface area contributed by atoms with Gasteiger partial charge in [-0.15, -0.1) is 10.8 Å². The molecule has 191 valence electrons. The first-order valence-electron chi connectivity index (χ1n) is 11.7. The summed E-state index contributed by atoms with van der Waals surface area (Å²) in [6.07, 6.45) is 5.74. The van der Waals surface area contributed by atoms with Crippen molar-refractivity contribution in [2.24, 2.45) is 5.92 Å². The van der Waals surface area contributed by atoms with Crippen LogP contribution in [0.4, 0.5) is 0 Å². The van der Waals surface area contributed by atoms with Crippen molar-refractivity contribution in [3.63, 3.8) is 0 Å². The summed E-state index contributed by atoms with van der Waals surface area (Å²) < 4.78 is 2.00. The van der Waals surface area contributed by atoms with E-state index in [-0.39, 0.29) is 37.2 Å². The predicted molar refractivity (Wildman–Crippen MR) is 141 cm³/mol. The summed E-state index contributed by atoms with van der Waals surface area (Å²) in [5.41, 5.74) is 6.87. The largest absolute Gasteiger partial charge is 0.512 e. The number of pyridine rings is 2. The zero-order valence-corrected chi connectivity index (χ0v) is 24.2. The number of carbonyl (C=O) groups excluding carboxylic acids is 1. The third-order valence-corrected chi connectivity index (χ3v) is 5.53. The molecule has 7 heteroatoms. The number of carbonyl (C=O) groups is 1. The van der Waals surface area contributed by atoms with E-state index >= 15 is 0 Å². The van der Waals surface area contributed by atoms with Crippen LogP contribution >= 0.6 is 0 Å². The molecule has 1 aromatic carbocycles. The minimum Gasteiger partial charge on any atom is -0.512 e. The second-order valence-electron chi connectivity index (χ2n) is 9.39. The first-order valence-corrected chi connectivity index (χ1v) is 11.7. The van der Waals surface area contributed by atoms with Crippen molar-refractivity contribution < 1.29 is 30.0 Å². The Labute approximate surface area is 225 Å². The molecule has 0 fully saturated rings. The number of aliphatic hydroxyl groups is 1. The number of fused-ring (bicyclic) bond motifs is 3. The van der Waals surface area contributed by atoms with E-state index in [0.717, 1.165) is 45.3 Å². The molecule has 6 nitrogen and oxygen atoms in total. The topological polar surface area (TPSA) is 84.6 Å². The van der Waals surface area contributed by atoms with Gasteiger partial charge in [0.1, 0.15) is 0 Å². The minimum atomic E-state index is -0.238. The number of aryl methyl sites for hydroxylation is 3. The molecule has 3 aromatic heterocycles. The van der Waals surface area contributed by atoms with Gasteiger partial charge in [0, 0.05) is 49.2 Å². The molecule has 0 saturated heterocycles. The van der Waals surface area contributed by atoms with E-state index in [1.165, 1.54) is 25.5 Å². The second-order valence-corrected chi connectivity index (χ2v) is 9.39. The van der Waals surface area contributed by atoms with Crippen LogP contribution in [0.2, 0.25) is 0 Å². The molecule has 1 N–H and O–H groups in total. The van der Waals surface area contributed by atoms with E-state index in [0.29, 0.717) is 11.6 Å². The Morgan fingerprint density at radius 2 is 1.78 bits per heavy atom. The number of benzene rings is 1. The minimum absolute atomic E-state index is 0. The molecule has 4 aromatic rings.